The Hall–Kier alpha value is -1.31. The van der Waals surface area contributed by atoms with E-state index in [4.69, 9.17) is 5.11 Å². The molecule has 0 saturated heterocycles. The van der Waals surface area contributed by atoms with Crippen LogP contribution in [0.3, 0.4) is 0 Å². The molecule has 0 spiro atoms. The third-order valence-electron chi connectivity index (χ3n) is 2.49. The summed E-state index contributed by atoms with van der Waals surface area (Å²) in [4.78, 5) is 10.7. The summed E-state index contributed by atoms with van der Waals surface area (Å²) in [5, 5.41) is 8.82. The van der Waals surface area contributed by atoms with Gasteiger partial charge in [0.1, 0.15) is 0 Å². The van der Waals surface area contributed by atoms with Crippen LogP contribution in [-0.2, 0) is 17.6 Å². The summed E-state index contributed by atoms with van der Waals surface area (Å²) in [6, 6.07) is 8.22. The van der Waals surface area contributed by atoms with Crippen molar-refractivity contribution in [1.29, 1.82) is 0 Å². The number of carbonyl (C=O) groups is 1. The van der Waals surface area contributed by atoms with Crippen LogP contribution in [0.2, 0.25) is 0 Å². The van der Waals surface area contributed by atoms with Gasteiger partial charge in [0.2, 0.25) is 0 Å². The second-order valence-electron chi connectivity index (χ2n) is 4.01. The van der Waals surface area contributed by atoms with E-state index in [1.807, 2.05) is 12.1 Å². The normalized spacial score (nSPS) is 12.4. The summed E-state index contributed by atoms with van der Waals surface area (Å²) in [6.45, 7) is 3.89. The molecule has 1 aromatic rings. The largest absolute Gasteiger partial charge is 0.481 e. The van der Waals surface area contributed by atoms with E-state index in [1.165, 1.54) is 5.56 Å². The minimum Gasteiger partial charge on any atom is -0.481 e. The van der Waals surface area contributed by atoms with Crippen molar-refractivity contribution < 1.29 is 9.90 Å². The van der Waals surface area contributed by atoms with E-state index in [0.29, 0.717) is 6.42 Å². The Labute approximate surface area is 90.9 Å². The fourth-order valence-corrected chi connectivity index (χ4v) is 1.64. The van der Waals surface area contributed by atoms with E-state index in [2.05, 4.69) is 19.1 Å². The fraction of sp³-hybridized carbons (Fsp3) is 0.462. The number of rotatable bonds is 5. The molecule has 0 saturated carbocycles. The third kappa shape index (κ3) is 3.74. The first-order valence-corrected chi connectivity index (χ1v) is 5.44. The molecule has 0 aliphatic heterocycles. The zero-order chi connectivity index (χ0) is 11.3. The first kappa shape index (κ1) is 11.8. The first-order chi connectivity index (χ1) is 7.13. The summed E-state index contributed by atoms with van der Waals surface area (Å²) in [6.07, 6.45) is 2.81. The molecule has 1 N–H and O–H groups in total. The van der Waals surface area contributed by atoms with Crippen LogP contribution in [-0.4, -0.2) is 11.1 Å². The van der Waals surface area contributed by atoms with Crippen molar-refractivity contribution in [2.24, 2.45) is 5.92 Å². The Morgan fingerprint density at radius 2 is 2.07 bits per heavy atom. The molecule has 1 unspecified atom stereocenters. The van der Waals surface area contributed by atoms with Crippen molar-refractivity contribution in [3.05, 3.63) is 35.4 Å². The van der Waals surface area contributed by atoms with Crippen molar-refractivity contribution in [1.82, 2.24) is 0 Å². The van der Waals surface area contributed by atoms with Crippen LogP contribution in [0.4, 0.5) is 0 Å². The smallest absolute Gasteiger partial charge is 0.306 e. The highest BCUT2D eigenvalue weighted by atomic mass is 16.4. The molecule has 15 heavy (non-hydrogen) atoms. The van der Waals surface area contributed by atoms with Crippen LogP contribution in [0, 0.1) is 5.92 Å². The third-order valence-corrected chi connectivity index (χ3v) is 2.49. The summed E-state index contributed by atoms with van der Waals surface area (Å²) in [5.41, 5.74) is 2.42. The second-order valence-corrected chi connectivity index (χ2v) is 4.01. The summed E-state index contributed by atoms with van der Waals surface area (Å²) < 4.78 is 0. The molecule has 0 bridgehead atoms. The van der Waals surface area contributed by atoms with Gasteiger partial charge in [0.25, 0.3) is 0 Å². The topological polar surface area (TPSA) is 37.3 Å². The van der Waals surface area contributed by atoms with Crippen LogP contribution in [0.15, 0.2) is 24.3 Å². The maximum absolute atomic E-state index is 10.7. The Bertz CT molecular complexity index is 331. The van der Waals surface area contributed by atoms with Gasteiger partial charge in [0, 0.05) is 0 Å². The Morgan fingerprint density at radius 1 is 1.40 bits per heavy atom. The second kappa shape index (κ2) is 5.54. The quantitative estimate of drug-likeness (QED) is 0.804. The lowest BCUT2D eigenvalue weighted by Gasteiger charge is -2.07. The molecule has 2 nitrogen and oxygen atoms in total. The van der Waals surface area contributed by atoms with Gasteiger partial charge in [-0.15, -0.1) is 0 Å². The van der Waals surface area contributed by atoms with Crippen LogP contribution < -0.4 is 0 Å². The van der Waals surface area contributed by atoms with Gasteiger partial charge in [-0.1, -0.05) is 44.5 Å². The SMILES string of the molecule is CCCc1cccc(CC(C)C(=O)O)c1. The van der Waals surface area contributed by atoms with Crippen LogP contribution in [0.1, 0.15) is 31.4 Å². The van der Waals surface area contributed by atoms with Gasteiger partial charge in [-0.2, -0.15) is 0 Å². The van der Waals surface area contributed by atoms with Crippen molar-refractivity contribution in [2.75, 3.05) is 0 Å². The molecule has 82 valence electrons. The van der Waals surface area contributed by atoms with Gasteiger partial charge in [-0.05, 0) is 24.0 Å². The first-order valence-electron chi connectivity index (χ1n) is 5.44. The molecule has 1 aromatic carbocycles. The summed E-state index contributed by atoms with van der Waals surface area (Å²) >= 11 is 0. The number of benzene rings is 1. The Morgan fingerprint density at radius 3 is 2.67 bits per heavy atom. The fourth-order valence-electron chi connectivity index (χ4n) is 1.64. The van der Waals surface area contributed by atoms with Gasteiger partial charge in [-0.25, -0.2) is 0 Å². The minimum absolute atomic E-state index is 0.304. The van der Waals surface area contributed by atoms with Crippen LogP contribution in [0.5, 0.6) is 0 Å². The summed E-state index contributed by atoms with van der Waals surface area (Å²) in [7, 11) is 0. The number of hydrogen-bond donors (Lipinski definition) is 1. The molecular formula is C13H18O2. The van der Waals surface area contributed by atoms with Gasteiger partial charge in [0.05, 0.1) is 5.92 Å². The number of aliphatic carboxylic acids is 1. The van der Waals surface area contributed by atoms with E-state index >= 15 is 0 Å². The van der Waals surface area contributed by atoms with E-state index in [0.717, 1.165) is 18.4 Å². The van der Waals surface area contributed by atoms with Crippen molar-refractivity contribution >= 4 is 5.97 Å². The summed E-state index contributed by atoms with van der Waals surface area (Å²) in [5.74, 6) is -1.03. The highest BCUT2D eigenvalue weighted by molar-refractivity contribution is 5.69. The lowest BCUT2D eigenvalue weighted by molar-refractivity contribution is -0.141. The molecule has 2 heteroatoms. The average molecular weight is 206 g/mol. The molecular weight excluding hydrogens is 188 g/mol. The maximum atomic E-state index is 10.7. The molecule has 0 aliphatic rings. The Kier molecular flexibility index (Phi) is 4.35. The molecule has 1 atom stereocenters. The van der Waals surface area contributed by atoms with Crippen molar-refractivity contribution in [2.45, 2.75) is 33.1 Å². The van der Waals surface area contributed by atoms with E-state index < -0.39 is 5.97 Å². The average Bonchev–Trinajstić information content (AvgIpc) is 2.18. The molecule has 0 aromatic heterocycles. The van der Waals surface area contributed by atoms with E-state index in [-0.39, 0.29) is 5.92 Å². The molecule has 0 amide bonds. The lowest BCUT2D eigenvalue weighted by atomic mass is 9.98. The zero-order valence-corrected chi connectivity index (χ0v) is 9.36. The number of aryl methyl sites for hydroxylation is 1. The van der Waals surface area contributed by atoms with Gasteiger partial charge in [-0.3, -0.25) is 4.79 Å². The lowest BCUT2D eigenvalue weighted by Crippen LogP contribution is -2.12. The predicted octanol–water partition coefficient (Wildman–Crippen LogP) is 2.90. The molecule has 0 heterocycles. The van der Waals surface area contributed by atoms with Gasteiger partial charge in [0.15, 0.2) is 0 Å². The molecule has 0 aliphatic carbocycles. The Balaban J connectivity index is 2.68. The highest BCUT2D eigenvalue weighted by Gasteiger charge is 2.11. The standard InChI is InChI=1S/C13H18O2/c1-3-5-11-6-4-7-12(9-11)8-10(2)13(14)15/h4,6-7,9-10H,3,5,8H2,1-2H3,(H,14,15). The number of carboxylic acids is 1. The van der Waals surface area contributed by atoms with Gasteiger partial charge >= 0.3 is 5.97 Å². The van der Waals surface area contributed by atoms with Crippen molar-refractivity contribution in [3.63, 3.8) is 0 Å². The van der Waals surface area contributed by atoms with Crippen LogP contribution in [0.25, 0.3) is 0 Å². The monoisotopic (exact) mass is 206 g/mol. The highest BCUT2D eigenvalue weighted by Crippen LogP contribution is 2.12. The van der Waals surface area contributed by atoms with Crippen molar-refractivity contribution in [3.8, 4) is 0 Å². The van der Waals surface area contributed by atoms with Gasteiger partial charge < -0.3 is 5.11 Å². The van der Waals surface area contributed by atoms with E-state index in [1.54, 1.807) is 6.92 Å². The molecule has 0 radical (unpaired) electrons. The zero-order valence-electron chi connectivity index (χ0n) is 9.36. The molecule has 0 fully saturated rings. The maximum Gasteiger partial charge on any atom is 0.306 e. The number of hydrogen-bond acceptors (Lipinski definition) is 1. The molecule has 1 rings (SSSR count). The number of carboxylic acid groups (broad SMARTS) is 1. The predicted molar refractivity (Wildman–Crippen MR) is 60.9 cm³/mol. The van der Waals surface area contributed by atoms with E-state index in [9.17, 15) is 4.79 Å². The van der Waals surface area contributed by atoms with Crippen LogP contribution >= 0.6 is 0 Å². The minimum atomic E-state index is -0.726.